The van der Waals surface area contributed by atoms with Crippen LogP contribution in [0.4, 0.5) is 5.69 Å². The van der Waals surface area contributed by atoms with E-state index in [0.717, 1.165) is 0 Å². The highest BCUT2D eigenvalue weighted by Gasteiger charge is 2.35. The number of benzene rings is 1. The predicted molar refractivity (Wildman–Crippen MR) is 80.2 cm³/mol. The Kier molecular flexibility index (Phi) is 4.55. The first-order chi connectivity index (χ1) is 9.38. The maximum atomic E-state index is 12.0. The van der Waals surface area contributed by atoms with E-state index < -0.39 is 0 Å². The molecule has 0 aliphatic carbocycles. The van der Waals surface area contributed by atoms with Crippen LogP contribution in [0.5, 0.6) is 0 Å². The number of anilines is 1. The zero-order valence-electron chi connectivity index (χ0n) is 11.3. The van der Waals surface area contributed by atoms with Gasteiger partial charge in [0.2, 0.25) is 11.8 Å². The van der Waals surface area contributed by atoms with Gasteiger partial charge in [0.1, 0.15) is 0 Å². The summed E-state index contributed by atoms with van der Waals surface area (Å²) in [6.45, 7) is 4.16. The van der Waals surface area contributed by atoms with Gasteiger partial charge in [-0.1, -0.05) is 23.2 Å². The van der Waals surface area contributed by atoms with Crippen LogP contribution in [-0.2, 0) is 9.59 Å². The van der Waals surface area contributed by atoms with Crippen LogP contribution in [0.2, 0.25) is 10.0 Å². The average molecular weight is 315 g/mol. The maximum Gasteiger partial charge on any atom is 0.227 e. The lowest BCUT2D eigenvalue weighted by atomic mass is 10.1. The molecule has 20 heavy (non-hydrogen) atoms. The van der Waals surface area contributed by atoms with E-state index in [9.17, 15) is 9.59 Å². The van der Waals surface area contributed by atoms with Gasteiger partial charge in [0.15, 0.2) is 0 Å². The molecule has 1 fully saturated rings. The molecule has 0 radical (unpaired) electrons. The van der Waals surface area contributed by atoms with Crippen molar-refractivity contribution < 1.29 is 9.59 Å². The minimum absolute atomic E-state index is 0.0663. The summed E-state index contributed by atoms with van der Waals surface area (Å²) in [7, 11) is 0. The van der Waals surface area contributed by atoms with Crippen molar-refractivity contribution in [1.29, 1.82) is 0 Å². The van der Waals surface area contributed by atoms with Gasteiger partial charge < -0.3 is 10.2 Å². The van der Waals surface area contributed by atoms with Crippen LogP contribution >= 0.6 is 23.2 Å². The quantitative estimate of drug-likeness (QED) is 0.932. The number of rotatable bonds is 3. The van der Waals surface area contributed by atoms with Crippen molar-refractivity contribution in [2.75, 3.05) is 11.4 Å². The lowest BCUT2D eigenvalue weighted by Crippen LogP contribution is -2.36. The van der Waals surface area contributed by atoms with Gasteiger partial charge >= 0.3 is 0 Å². The maximum absolute atomic E-state index is 12.0. The van der Waals surface area contributed by atoms with Crippen LogP contribution in [0.1, 0.15) is 20.3 Å². The summed E-state index contributed by atoms with van der Waals surface area (Å²) in [5.41, 5.74) is 0.671. The molecule has 2 rings (SSSR count). The van der Waals surface area contributed by atoms with Crippen molar-refractivity contribution in [2.45, 2.75) is 26.3 Å². The minimum atomic E-state index is -0.320. The van der Waals surface area contributed by atoms with Crippen LogP contribution in [0, 0.1) is 5.92 Å². The van der Waals surface area contributed by atoms with Crippen molar-refractivity contribution in [3.8, 4) is 0 Å². The molecule has 0 saturated carbocycles. The standard InChI is InChI=1S/C14H16Cl2N2O2/c1-8(2)17-14(20)9-5-13(19)18(7-9)10-3-4-11(15)12(16)6-10/h3-4,6,8-9H,5,7H2,1-2H3,(H,17,20). The Morgan fingerprint density at radius 1 is 1.35 bits per heavy atom. The van der Waals surface area contributed by atoms with Gasteiger partial charge in [-0.25, -0.2) is 0 Å². The second-order valence-electron chi connectivity index (χ2n) is 5.17. The Morgan fingerprint density at radius 2 is 2.05 bits per heavy atom. The van der Waals surface area contributed by atoms with Crippen LogP contribution in [0.15, 0.2) is 18.2 Å². The Bertz CT molecular complexity index is 546. The molecular formula is C14H16Cl2N2O2. The van der Waals surface area contributed by atoms with Crippen molar-refractivity contribution in [2.24, 2.45) is 5.92 Å². The zero-order valence-corrected chi connectivity index (χ0v) is 12.8. The fraction of sp³-hybridized carbons (Fsp3) is 0.429. The fourth-order valence-corrected chi connectivity index (χ4v) is 2.48. The molecule has 108 valence electrons. The number of nitrogens with zero attached hydrogens (tertiary/aromatic N) is 1. The van der Waals surface area contributed by atoms with E-state index in [1.165, 1.54) is 0 Å². The number of amides is 2. The van der Waals surface area contributed by atoms with Crippen LogP contribution in [0.25, 0.3) is 0 Å². The van der Waals surface area contributed by atoms with E-state index in [4.69, 9.17) is 23.2 Å². The predicted octanol–water partition coefficient (Wildman–Crippen LogP) is 2.87. The van der Waals surface area contributed by atoms with Gasteiger partial charge in [-0.3, -0.25) is 9.59 Å². The lowest BCUT2D eigenvalue weighted by Gasteiger charge is -2.17. The number of carbonyl (C=O) groups excluding carboxylic acids is 2. The molecule has 1 heterocycles. The van der Waals surface area contributed by atoms with Gasteiger partial charge in [-0.05, 0) is 32.0 Å². The molecule has 1 saturated heterocycles. The molecule has 6 heteroatoms. The number of halogens is 2. The zero-order chi connectivity index (χ0) is 14.9. The van der Waals surface area contributed by atoms with E-state index in [1.54, 1.807) is 23.1 Å². The van der Waals surface area contributed by atoms with Crippen LogP contribution < -0.4 is 10.2 Å². The molecule has 0 aromatic heterocycles. The van der Waals surface area contributed by atoms with E-state index in [0.29, 0.717) is 22.3 Å². The summed E-state index contributed by atoms with van der Waals surface area (Å²) in [5, 5.41) is 3.67. The van der Waals surface area contributed by atoms with Gasteiger partial charge in [-0.15, -0.1) is 0 Å². The third kappa shape index (κ3) is 3.25. The molecule has 1 unspecified atom stereocenters. The van der Waals surface area contributed by atoms with Gasteiger partial charge in [0, 0.05) is 24.7 Å². The van der Waals surface area contributed by atoms with Gasteiger partial charge in [0.25, 0.3) is 0 Å². The molecular weight excluding hydrogens is 299 g/mol. The molecule has 1 aromatic rings. The first-order valence-electron chi connectivity index (χ1n) is 6.44. The topological polar surface area (TPSA) is 49.4 Å². The Morgan fingerprint density at radius 3 is 2.65 bits per heavy atom. The number of hydrogen-bond acceptors (Lipinski definition) is 2. The molecule has 0 bridgehead atoms. The monoisotopic (exact) mass is 314 g/mol. The fourth-order valence-electron chi connectivity index (χ4n) is 2.19. The molecule has 0 spiro atoms. The molecule has 4 nitrogen and oxygen atoms in total. The number of nitrogens with one attached hydrogen (secondary N) is 1. The second-order valence-corrected chi connectivity index (χ2v) is 5.98. The first-order valence-corrected chi connectivity index (χ1v) is 7.20. The summed E-state index contributed by atoms with van der Waals surface area (Å²) in [6.07, 6.45) is 0.221. The van der Waals surface area contributed by atoms with Gasteiger partial charge in [0.05, 0.1) is 16.0 Å². The Balaban J connectivity index is 2.13. The second kappa shape index (κ2) is 6.02. The molecule has 2 amide bonds. The lowest BCUT2D eigenvalue weighted by molar-refractivity contribution is -0.126. The average Bonchev–Trinajstić information content (AvgIpc) is 2.74. The van der Waals surface area contributed by atoms with E-state index >= 15 is 0 Å². The van der Waals surface area contributed by atoms with Crippen molar-refractivity contribution in [1.82, 2.24) is 5.32 Å². The first kappa shape index (κ1) is 15.1. The highest BCUT2D eigenvalue weighted by molar-refractivity contribution is 6.42. The molecule has 1 aliphatic heterocycles. The smallest absolute Gasteiger partial charge is 0.227 e. The van der Waals surface area contributed by atoms with Crippen LogP contribution in [0.3, 0.4) is 0 Å². The Labute approximate surface area is 128 Å². The molecule has 1 aromatic carbocycles. The molecule has 1 atom stereocenters. The van der Waals surface area contributed by atoms with E-state index in [-0.39, 0.29) is 30.2 Å². The SMILES string of the molecule is CC(C)NC(=O)C1CC(=O)N(c2ccc(Cl)c(Cl)c2)C1. The summed E-state index contributed by atoms with van der Waals surface area (Å²) in [4.78, 5) is 25.6. The molecule has 1 N–H and O–H groups in total. The largest absolute Gasteiger partial charge is 0.354 e. The normalized spacial score (nSPS) is 18.8. The summed E-state index contributed by atoms with van der Waals surface area (Å²) in [5.74, 6) is -0.484. The van der Waals surface area contributed by atoms with Crippen molar-refractivity contribution in [3.05, 3.63) is 28.2 Å². The Hall–Kier alpha value is -1.26. The van der Waals surface area contributed by atoms with Crippen molar-refractivity contribution in [3.63, 3.8) is 0 Å². The van der Waals surface area contributed by atoms with Crippen molar-refractivity contribution >= 4 is 40.7 Å². The third-order valence-electron chi connectivity index (χ3n) is 3.14. The van der Waals surface area contributed by atoms with Crippen LogP contribution in [-0.4, -0.2) is 24.4 Å². The minimum Gasteiger partial charge on any atom is -0.354 e. The van der Waals surface area contributed by atoms with E-state index in [1.807, 2.05) is 13.8 Å². The number of hydrogen-bond donors (Lipinski definition) is 1. The van der Waals surface area contributed by atoms with E-state index in [2.05, 4.69) is 5.32 Å². The number of carbonyl (C=O) groups is 2. The van der Waals surface area contributed by atoms with Gasteiger partial charge in [-0.2, -0.15) is 0 Å². The highest BCUT2D eigenvalue weighted by Crippen LogP contribution is 2.31. The third-order valence-corrected chi connectivity index (χ3v) is 3.88. The molecule has 1 aliphatic rings. The summed E-state index contributed by atoms with van der Waals surface area (Å²) < 4.78 is 0. The summed E-state index contributed by atoms with van der Waals surface area (Å²) in [6, 6.07) is 5.09. The highest BCUT2D eigenvalue weighted by atomic mass is 35.5. The summed E-state index contributed by atoms with van der Waals surface area (Å²) >= 11 is 11.8.